The van der Waals surface area contributed by atoms with E-state index < -0.39 is 0 Å². The molecule has 0 aromatic heterocycles. The van der Waals surface area contributed by atoms with Crippen LogP contribution in [0.5, 0.6) is 0 Å². The van der Waals surface area contributed by atoms with E-state index in [0.717, 1.165) is 0 Å². The zero-order valence-electron chi connectivity index (χ0n) is 1.80. The topological polar surface area (TPSA) is 0 Å². The summed E-state index contributed by atoms with van der Waals surface area (Å²) in [5.74, 6) is 0. The van der Waals surface area contributed by atoms with E-state index >= 15 is 0 Å². The van der Waals surface area contributed by atoms with Gasteiger partial charge in [-0.05, 0) is 0 Å². The third-order valence-electron chi connectivity index (χ3n) is 0. The molecule has 0 N–H and O–H groups in total. The van der Waals surface area contributed by atoms with E-state index in [-0.39, 0.29) is 23.1 Å². The van der Waals surface area contributed by atoms with E-state index in [1.54, 1.807) is 0 Å². The van der Waals surface area contributed by atoms with Crippen LogP contribution in [0.15, 0.2) is 0 Å². The van der Waals surface area contributed by atoms with E-state index in [1.807, 2.05) is 0 Å². The average Bonchev–Trinajstić information content (AvgIpc) is 0.811. The molecule has 0 aliphatic rings. The molecule has 0 aromatic carbocycles. The van der Waals surface area contributed by atoms with Crippen molar-refractivity contribution in [2.75, 3.05) is 0 Å². The van der Waals surface area contributed by atoms with Gasteiger partial charge in [-0.25, -0.2) is 0 Å². The molecule has 0 aliphatic heterocycles. The quantitative estimate of drug-likeness (QED) is 0.273. The van der Waals surface area contributed by atoms with Crippen molar-refractivity contribution in [2.45, 2.75) is 0 Å². The van der Waals surface area contributed by atoms with E-state index in [9.17, 15) is 0 Å². The molecule has 0 aromatic rings. The van der Waals surface area contributed by atoms with Gasteiger partial charge in [0.15, 0.2) is 0 Å². The van der Waals surface area contributed by atoms with Crippen molar-refractivity contribution < 1.29 is 0 Å². The number of hydrogen-bond acceptors (Lipinski definition) is 1. The van der Waals surface area contributed by atoms with Crippen LogP contribution < -0.4 is 0 Å². The lowest BCUT2D eigenvalue weighted by atomic mass is 11.9. The average molecular weight is 137 g/mol. The molecule has 28 valence electrons. The summed E-state index contributed by atoms with van der Waals surface area (Å²) in [6.07, 6.45) is 0. The van der Waals surface area contributed by atoms with Crippen molar-refractivity contribution in [3.63, 3.8) is 0 Å². The van der Waals surface area contributed by atoms with Crippen LogP contribution in [0.4, 0.5) is 0 Å². The van der Waals surface area contributed by atoms with Crippen LogP contribution in [-0.4, -0.2) is 26.6 Å². The van der Waals surface area contributed by atoms with Crippen LogP contribution in [0.3, 0.4) is 0 Å². The second-order valence-corrected chi connectivity index (χ2v) is 2.54. The van der Waals surface area contributed by atoms with Crippen molar-refractivity contribution in [2.24, 2.45) is 0 Å². The minimum Gasteiger partial charge on any atom is -0.125 e. The fraction of sp³-hybridized carbons (Fsp3) is 0. The number of thiocarbonyl (C=S) groups is 1. The van der Waals surface area contributed by atoms with E-state index in [2.05, 4.69) is 37.5 Å². The highest BCUT2D eigenvalue weighted by Crippen LogP contribution is 1.83. The van der Waals surface area contributed by atoms with Crippen LogP contribution >= 0.6 is 37.5 Å². The predicted molar refractivity (Wildman–Crippen MR) is 39.1 cm³/mol. The first-order valence-corrected chi connectivity index (χ1v) is 1.95. The highest BCUT2D eigenvalue weighted by molar-refractivity contribution is 8.34. The highest BCUT2D eigenvalue weighted by Gasteiger charge is 1.58. The molecule has 0 heterocycles. The molecule has 0 radical (unpaired) electrons. The Morgan fingerprint density at radius 1 is 1.40 bits per heavy atom. The van der Waals surface area contributed by atoms with Gasteiger partial charge in [0.05, 0.1) is 3.53 Å². The summed E-state index contributed by atoms with van der Waals surface area (Å²) in [6.45, 7) is 0. The Labute approximate surface area is 63.7 Å². The second-order valence-electron chi connectivity index (χ2n) is 0.283. The molecule has 0 rings (SSSR count). The van der Waals surface area contributed by atoms with Crippen molar-refractivity contribution >= 4 is 64.1 Å². The van der Waals surface area contributed by atoms with Crippen molar-refractivity contribution in [1.82, 2.24) is 0 Å². The van der Waals surface area contributed by atoms with Crippen LogP contribution in [0.1, 0.15) is 0 Å². The maximum atomic E-state index is 4.27. The summed E-state index contributed by atoms with van der Waals surface area (Å²) >= 11 is 11.4. The van der Waals surface area contributed by atoms with E-state index in [1.165, 1.54) is 0 Å². The Morgan fingerprint density at radius 3 is 1.40 bits per heavy atom. The summed E-state index contributed by atoms with van der Waals surface area (Å²) in [7, 11) is 0. The van der Waals surface area contributed by atoms with Gasteiger partial charge >= 0.3 is 23.1 Å². The van der Waals surface area contributed by atoms with Crippen molar-refractivity contribution in [1.29, 1.82) is 0 Å². The fourth-order valence-electron chi connectivity index (χ4n) is 0. The monoisotopic (exact) mass is 136 g/mol. The normalized spacial score (nSPS) is 5.20. The van der Waals surface area contributed by atoms with Gasteiger partial charge in [0.25, 0.3) is 0 Å². The van der Waals surface area contributed by atoms with Crippen molar-refractivity contribution in [3.05, 3.63) is 0 Å². The molecule has 5 heavy (non-hydrogen) atoms. The van der Waals surface area contributed by atoms with Crippen LogP contribution in [0.2, 0.25) is 0 Å². The third kappa shape index (κ3) is 29.0. The molecule has 0 unspecified atom stereocenters. The molecular formula is CH4MgS3. The standard InChI is InChI=1S/CH2S3.Mg.2H/c2-1(3)4;;;/h(H2,2,3,4);;;. The van der Waals surface area contributed by atoms with Gasteiger partial charge in [0, 0.05) is 0 Å². The number of hydrogen-bond donors (Lipinski definition) is 2. The van der Waals surface area contributed by atoms with E-state index in [0.29, 0.717) is 3.53 Å². The minimum atomic E-state index is 0. The zero-order valence-corrected chi connectivity index (χ0v) is 4.41. The summed E-state index contributed by atoms with van der Waals surface area (Å²) in [5, 5.41) is 0. The third-order valence-corrected chi connectivity index (χ3v) is 0. The molecule has 0 saturated carbocycles. The molecule has 0 bridgehead atoms. The SMILES string of the molecule is S=C(S)S.[MgH2]. The number of rotatable bonds is 0. The Hall–Kier alpha value is 1.56. The molecule has 0 saturated heterocycles. The van der Waals surface area contributed by atoms with Gasteiger partial charge in [-0.1, -0.05) is 12.2 Å². The first-order chi connectivity index (χ1) is 1.73. The summed E-state index contributed by atoms with van der Waals surface area (Å²) in [5.41, 5.74) is 0. The molecule has 0 spiro atoms. The Bertz CT molecular complexity index is 29.9. The lowest BCUT2D eigenvalue weighted by molar-refractivity contribution is 4.26. The van der Waals surface area contributed by atoms with Gasteiger partial charge in [-0.3, -0.25) is 0 Å². The van der Waals surface area contributed by atoms with E-state index in [4.69, 9.17) is 0 Å². The molecule has 0 amide bonds. The number of thiol groups is 2. The minimum absolute atomic E-state index is 0. The summed E-state index contributed by atoms with van der Waals surface area (Å²) in [4.78, 5) is 0. The lowest BCUT2D eigenvalue weighted by Crippen LogP contribution is -1.46. The van der Waals surface area contributed by atoms with Crippen LogP contribution in [0, 0.1) is 0 Å². The van der Waals surface area contributed by atoms with Gasteiger partial charge < -0.3 is 0 Å². The highest BCUT2D eigenvalue weighted by atomic mass is 32.2. The Kier molecular flexibility index (Phi) is 10.8. The van der Waals surface area contributed by atoms with Gasteiger partial charge in [-0.15, -0.1) is 25.3 Å². The maximum absolute atomic E-state index is 4.27. The largest absolute Gasteiger partial charge is 0.316 e. The predicted octanol–water partition coefficient (Wildman–Crippen LogP) is 0.215. The van der Waals surface area contributed by atoms with Crippen LogP contribution in [-0.2, 0) is 0 Å². The van der Waals surface area contributed by atoms with Crippen molar-refractivity contribution in [3.8, 4) is 0 Å². The van der Waals surface area contributed by atoms with Gasteiger partial charge in [0.2, 0.25) is 0 Å². The molecule has 0 atom stereocenters. The zero-order chi connectivity index (χ0) is 3.58. The summed E-state index contributed by atoms with van der Waals surface area (Å²) < 4.78 is 0.389. The molecule has 0 fully saturated rings. The van der Waals surface area contributed by atoms with Crippen LogP contribution in [0.25, 0.3) is 0 Å². The van der Waals surface area contributed by atoms with Gasteiger partial charge in [0.1, 0.15) is 0 Å². The molecule has 4 heteroatoms. The smallest absolute Gasteiger partial charge is 0.125 e. The molecule has 0 nitrogen and oxygen atoms in total. The molecule has 0 aliphatic carbocycles. The Morgan fingerprint density at radius 2 is 1.40 bits per heavy atom. The second kappa shape index (κ2) is 5.56. The first kappa shape index (κ1) is 9.75. The summed E-state index contributed by atoms with van der Waals surface area (Å²) in [6, 6.07) is 0. The first-order valence-electron chi connectivity index (χ1n) is 0.651. The maximum Gasteiger partial charge on any atom is 0.316 e. The molecular weight excluding hydrogens is 133 g/mol. The van der Waals surface area contributed by atoms with Gasteiger partial charge in [-0.2, -0.15) is 0 Å². The lowest BCUT2D eigenvalue weighted by Gasteiger charge is -1.59. The Balaban J connectivity index is 0. The fourth-order valence-corrected chi connectivity index (χ4v) is 0.